The third kappa shape index (κ3) is 6.85. The van der Waals surface area contributed by atoms with Gasteiger partial charge in [-0.15, -0.1) is 0 Å². The lowest BCUT2D eigenvalue weighted by Crippen LogP contribution is -2.51. The molecule has 1 atom stereocenters. The molecule has 9 nitrogen and oxygen atoms in total. The smallest absolute Gasteiger partial charge is 0.410 e. The van der Waals surface area contributed by atoms with Crippen LogP contribution in [0.5, 0.6) is 0 Å². The minimum atomic E-state index is -0.468. The quantitative estimate of drug-likeness (QED) is 0.474. The van der Waals surface area contributed by atoms with Gasteiger partial charge in [-0.3, -0.25) is 14.7 Å². The number of hydrogen-bond donors (Lipinski definition) is 3. The van der Waals surface area contributed by atoms with E-state index in [1.807, 2.05) is 39.0 Å². The van der Waals surface area contributed by atoms with Gasteiger partial charge in [0.05, 0.1) is 0 Å². The fourth-order valence-electron chi connectivity index (χ4n) is 3.94. The summed E-state index contributed by atoms with van der Waals surface area (Å²) >= 11 is 0. The van der Waals surface area contributed by atoms with Gasteiger partial charge in [-0.25, -0.2) is 4.79 Å². The van der Waals surface area contributed by atoms with Gasteiger partial charge in [0.15, 0.2) is 5.96 Å². The largest absolute Gasteiger partial charge is 0.444 e. The first-order chi connectivity index (χ1) is 15.2. The Morgan fingerprint density at radius 3 is 2.59 bits per heavy atom. The normalized spacial score (nSPS) is 19.8. The highest BCUT2D eigenvalue weighted by atomic mass is 16.6. The van der Waals surface area contributed by atoms with E-state index < -0.39 is 5.60 Å². The molecule has 1 aromatic carbocycles. The second kappa shape index (κ2) is 10.7. The molecule has 9 heteroatoms. The van der Waals surface area contributed by atoms with Crippen molar-refractivity contribution < 1.29 is 14.3 Å². The number of rotatable bonds is 5. The van der Waals surface area contributed by atoms with Gasteiger partial charge in [0.2, 0.25) is 5.91 Å². The zero-order valence-electron chi connectivity index (χ0n) is 19.6. The van der Waals surface area contributed by atoms with Crippen molar-refractivity contribution >= 4 is 23.6 Å². The number of carbonyl (C=O) groups excluding carboxylic acids is 2. The molecular weight excluding hydrogens is 408 g/mol. The van der Waals surface area contributed by atoms with Crippen molar-refractivity contribution in [2.75, 3.05) is 58.2 Å². The van der Waals surface area contributed by atoms with Crippen LogP contribution >= 0.6 is 0 Å². The molecule has 1 unspecified atom stereocenters. The van der Waals surface area contributed by atoms with Crippen molar-refractivity contribution in [3.8, 4) is 0 Å². The fraction of sp³-hybridized carbons (Fsp3) is 0.609. The van der Waals surface area contributed by atoms with E-state index in [0.29, 0.717) is 26.1 Å². The zero-order chi connectivity index (χ0) is 23.1. The maximum Gasteiger partial charge on any atom is 0.410 e. The second-order valence-electron chi connectivity index (χ2n) is 9.23. The van der Waals surface area contributed by atoms with Crippen LogP contribution in [0.2, 0.25) is 0 Å². The first kappa shape index (κ1) is 23.8. The Bertz CT molecular complexity index is 827. The summed E-state index contributed by atoms with van der Waals surface area (Å²) < 4.78 is 5.45. The molecule has 1 saturated heterocycles. The number of nitrogens with zero attached hydrogens (tertiary/aromatic N) is 3. The molecule has 1 fully saturated rings. The van der Waals surface area contributed by atoms with Crippen molar-refractivity contribution in [3.05, 3.63) is 29.8 Å². The van der Waals surface area contributed by atoms with Crippen LogP contribution in [-0.4, -0.2) is 86.2 Å². The fourth-order valence-corrected chi connectivity index (χ4v) is 3.94. The number of piperazine rings is 1. The Morgan fingerprint density at radius 2 is 1.91 bits per heavy atom. The summed E-state index contributed by atoms with van der Waals surface area (Å²) in [4.78, 5) is 32.6. The topological polar surface area (TPSA) is 98.3 Å². The second-order valence-corrected chi connectivity index (χ2v) is 9.23. The van der Waals surface area contributed by atoms with E-state index >= 15 is 0 Å². The Balaban J connectivity index is 1.38. The molecule has 3 rings (SSSR count). The number of para-hydroxylation sites is 1. The first-order valence-electron chi connectivity index (χ1n) is 11.3. The molecule has 2 aliphatic rings. The Kier molecular flexibility index (Phi) is 7.95. The lowest BCUT2D eigenvalue weighted by molar-refractivity contribution is -0.116. The minimum absolute atomic E-state index is 0.0453. The van der Waals surface area contributed by atoms with Crippen LogP contribution < -0.4 is 16.0 Å². The van der Waals surface area contributed by atoms with Gasteiger partial charge in [0.1, 0.15) is 5.60 Å². The summed E-state index contributed by atoms with van der Waals surface area (Å²) in [6.45, 7) is 10.9. The molecule has 3 N–H and O–H groups in total. The highest BCUT2D eigenvalue weighted by Crippen LogP contribution is 2.31. The average Bonchev–Trinajstić information content (AvgIpc) is 2.75. The van der Waals surface area contributed by atoms with E-state index in [9.17, 15) is 9.59 Å². The molecule has 32 heavy (non-hydrogen) atoms. The summed E-state index contributed by atoms with van der Waals surface area (Å²) in [6, 6.07) is 7.94. The lowest BCUT2D eigenvalue weighted by Gasteiger charge is -2.35. The summed E-state index contributed by atoms with van der Waals surface area (Å²) in [7, 11) is 1.75. The van der Waals surface area contributed by atoms with Crippen LogP contribution in [0.25, 0.3) is 0 Å². The molecule has 0 aliphatic carbocycles. The van der Waals surface area contributed by atoms with E-state index in [4.69, 9.17) is 4.74 Å². The molecule has 0 spiro atoms. The number of ether oxygens (including phenoxy) is 1. The van der Waals surface area contributed by atoms with E-state index in [2.05, 4.69) is 31.9 Å². The molecule has 2 heterocycles. The van der Waals surface area contributed by atoms with Crippen LogP contribution in [0.15, 0.2) is 29.3 Å². The van der Waals surface area contributed by atoms with Crippen LogP contribution in [-0.2, 0) is 9.53 Å². The van der Waals surface area contributed by atoms with Gasteiger partial charge in [0.25, 0.3) is 0 Å². The van der Waals surface area contributed by atoms with E-state index in [0.717, 1.165) is 43.4 Å². The number of nitrogens with one attached hydrogen (secondary N) is 3. The van der Waals surface area contributed by atoms with Crippen molar-refractivity contribution in [2.24, 2.45) is 4.99 Å². The summed E-state index contributed by atoms with van der Waals surface area (Å²) in [5.41, 5.74) is 1.58. The van der Waals surface area contributed by atoms with Gasteiger partial charge in [-0.2, -0.15) is 0 Å². The van der Waals surface area contributed by atoms with E-state index in [1.165, 1.54) is 0 Å². The molecule has 176 valence electrons. The maximum absolute atomic E-state index is 12.2. The van der Waals surface area contributed by atoms with Crippen LogP contribution in [0.1, 0.15) is 38.7 Å². The first-order valence-corrected chi connectivity index (χ1v) is 11.3. The van der Waals surface area contributed by atoms with E-state index in [1.54, 1.807) is 11.9 Å². The van der Waals surface area contributed by atoms with E-state index in [-0.39, 0.29) is 17.9 Å². The Hall–Kier alpha value is -2.81. The number of guanidine groups is 1. The third-order valence-corrected chi connectivity index (χ3v) is 5.59. The number of anilines is 1. The number of fused-ring (bicyclic) bond motifs is 1. The highest BCUT2D eigenvalue weighted by Gasteiger charge is 2.26. The van der Waals surface area contributed by atoms with Crippen LogP contribution in [0, 0.1) is 0 Å². The third-order valence-electron chi connectivity index (χ3n) is 5.59. The van der Waals surface area contributed by atoms with Crippen molar-refractivity contribution in [1.82, 2.24) is 20.4 Å². The Labute approximate surface area is 190 Å². The summed E-state index contributed by atoms with van der Waals surface area (Å²) in [6.07, 6.45) is 0.223. The highest BCUT2D eigenvalue weighted by molar-refractivity contribution is 5.94. The SMILES string of the molecule is CN=C(NCCN1CCN(C(=O)OC(C)(C)C)CC1)NCC1CC(=O)Nc2ccccc21. The van der Waals surface area contributed by atoms with Crippen molar-refractivity contribution in [2.45, 2.75) is 38.7 Å². The molecule has 0 bridgehead atoms. The number of benzene rings is 1. The molecule has 2 aliphatic heterocycles. The molecule has 1 aromatic rings. The lowest BCUT2D eigenvalue weighted by atomic mass is 9.90. The number of carbonyl (C=O) groups is 2. The standard InChI is InChI=1S/C23H36N6O3/c1-23(2,3)32-22(31)29-13-11-28(12-14-29)10-9-25-21(24-4)26-16-17-15-20(30)27-19-8-6-5-7-18(17)19/h5-8,17H,9-16H2,1-4H3,(H,27,30)(H2,24,25,26). The van der Waals surface area contributed by atoms with Gasteiger partial charge >= 0.3 is 6.09 Å². The van der Waals surface area contributed by atoms with Crippen LogP contribution in [0.3, 0.4) is 0 Å². The molecule has 0 radical (unpaired) electrons. The molecule has 0 aromatic heterocycles. The molecule has 0 saturated carbocycles. The molecule has 2 amide bonds. The predicted molar refractivity (Wildman–Crippen MR) is 126 cm³/mol. The van der Waals surface area contributed by atoms with Crippen molar-refractivity contribution in [3.63, 3.8) is 0 Å². The number of hydrogen-bond acceptors (Lipinski definition) is 5. The average molecular weight is 445 g/mol. The van der Waals surface area contributed by atoms with Crippen LogP contribution in [0.4, 0.5) is 10.5 Å². The van der Waals surface area contributed by atoms with Gasteiger partial charge in [0, 0.05) is 70.9 Å². The van der Waals surface area contributed by atoms with Crippen molar-refractivity contribution in [1.29, 1.82) is 0 Å². The minimum Gasteiger partial charge on any atom is -0.444 e. The summed E-state index contributed by atoms with van der Waals surface area (Å²) in [5, 5.41) is 9.63. The Morgan fingerprint density at radius 1 is 1.19 bits per heavy atom. The summed E-state index contributed by atoms with van der Waals surface area (Å²) in [5.74, 6) is 0.879. The number of amides is 2. The number of aliphatic imine (C=N–C) groups is 1. The zero-order valence-corrected chi connectivity index (χ0v) is 19.6. The maximum atomic E-state index is 12.2. The monoisotopic (exact) mass is 444 g/mol. The van der Waals surface area contributed by atoms with Gasteiger partial charge < -0.3 is 25.6 Å². The van der Waals surface area contributed by atoms with Gasteiger partial charge in [-0.1, -0.05) is 18.2 Å². The molecular formula is C23H36N6O3. The predicted octanol–water partition coefficient (Wildman–Crippen LogP) is 1.83. The van der Waals surface area contributed by atoms with Gasteiger partial charge in [-0.05, 0) is 32.4 Å².